The first-order valence-electron chi connectivity index (χ1n) is 6.60. The standard InChI is InChI=1S/C16H15N3OS/c1-18(16(20)14-7-8-21-12-14)10-13-9-17-19(11-13)15-5-3-2-4-6-15/h2-9,11-12H,10H2,1H3. The van der Waals surface area contributed by atoms with Crippen LogP contribution < -0.4 is 0 Å². The first-order valence-corrected chi connectivity index (χ1v) is 7.55. The molecule has 0 aliphatic rings. The lowest BCUT2D eigenvalue weighted by atomic mass is 10.2. The summed E-state index contributed by atoms with van der Waals surface area (Å²) in [5.74, 6) is 0.0312. The van der Waals surface area contributed by atoms with E-state index < -0.39 is 0 Å². The molecule has 0 spiro atoms. The maximum atomic E-state index is 12.2. The largest absolute Gasteiger partial charge is 0.337 e. The number of amides is 1. The van der Waals surface area contributed by atoms with E-state index in [1.165, 1.54) is 11.3 Å². The molecule has 106 valence electrons. The van der Waals surface area contributed by atoms with Gasteiger partial charge in [-0.25, -0.2) is 4.68 Å². The molecule has 21 heavy (non-hydrogen) atoms. The van der Waals surface area contributed by atoms with Gasteiger partial charge in [-0.15, -0.1) is 0 Å². The van der Waals surface area contributed by atoms with Crippen molar-refractivity contribution in [2.45, 2.75) is 6.54 Å². The summed E-state index contributed by atoms with van der Waals surface area (Å²) in [4.78, 5) is 13.9. The van der Waals surface area contributed by atoms with E-state index in [1.807, 2.05) is 58.0 Å². The van der Waals surface area contributed by atoms with E-state index in [2.05, 4.69) is 5.10 Å². The van der Waals surface area contributed by atoms with E-state index in [1.54, 1.807) is 18.1 Å². The number of thiophene rings is 1. The summed E-state index contributed by atoms with van der Waals surface area (Å²) in [6.45, 7) is 0.543. The lowest BCUT2D eigenvalue weighted by molar-refractivity contribution is 0.0785. The second kappa shape index (κ2) is 5.93. The minimum Gasteiger partial charge on any atom is -0.337 e. The molecule has 0 saturated carbocycles. The van der Waals surface area contributed by atoms with E-state index in [0.717, 1.165) is 16.8 Å². The fourth-order valence-electron chi connectivity index (χ4n) is 2.12. The number of hydrogen-bond donors (Lipinski definition) is 0. The smallest absolute Gasteiger partial charge is 0.254 e. The number of aromatic nitrogens is 2. The van der Waals surface area contributed by atoms with Gasteiger partial charge in [-0.3, -0.25) is 4.79 Å². The molecule has 0 atom stereocenters. The van der Waals surface area contributed by atoms with Crippen LogP contribution in [0.5, 0.6) is 0 Å². The highest BCUT2D eigenvalue weighted by atomic mass is 32.1. The summed E-state index contributed by atoms with van der Waals surface area (Å²) in [5, 5.41) is 8.12. The van der Waals surface area contributed by atoms with Gasteiger partial charge in [0.1, 0.15) is 0 Å². The summed E-state index contributed by atoms with van der Waals surface area (Å²) in [6.07, 6.45) is 3.75. The van der Waals surface area contributed by atoms with E-state index in [9.17, 15) is 4.79 Å². The third kappa shape index (κ3) is 3.03. The Bertz CT molecular complexity index is 719. The summed E-state index contributed by atoms with van der Waals surface area (Å²) < 4.78 is 1.82. The molecule has 1 amide bonds. The van der Waals surface area contributed by atoms with E-state index >= 15 is 0 Å². The van der Waals surface area contributed by atoms with Crippen molar-refractivity contribution >= 4 is 17.2 Å². The van der Waals surface area contributed by atoms with Crippen molar-refractivity contribution < 1.29 is 4.79 Å². The highest BCUT2D eigenvalue weighted by Crippen LogP contribution is 2.12. The zero-order valence-electron chi connectivity index (χ0n) is 11.6. The Morgan fingerprint density at radius 1 is 1.29 bits per heavy atom. The first kappa shape index (κ1) is 13.6. The van der Waals surface area contributed by atoms with Crippen molar-refractivity contribution in [3.8, 4) is 5.69 Å². The normalized spacial score (nSPS) is 10.5. The van der Waals surface area contributed by atoms with Gasteiger partial charge in [0.15, 0.2) is 0 Å². The third-order valence-electron chi connectivity index (χ3n) is 3.19. The number of benzene rings is 1. The van der Waals surface area contributed by atoms with Crippen LogP contribution in [0.15, 0.2) is 59.6 Å². The van der Waals surface area contributed by atoms with Gasteiger partial charge >= 0.3 is 0 Å². The van der Waals surface area contributed by atoms with Gasteiger partial charge in [0, 0.05) is 30.7 Å². The van der Waals surface area contributed by atoms with Crippen LogP contribution in [-0.4, -0.2) is 27.6 Å². The molecule has 0 radical (unpaired) electrons. The fourth-order valence-corrected chi connectivity index (χ4v) is 2.75. The second-order valence-corrected chi connectivity index (χ2v) is 5.58. The van der Waals surface area contributed by atoms with Gasteiger partial charge < -0.3 is 4.90 Å². The molecule has 4 nitrogen and oxygen atoms in total. The molecule has 0 aliphatic heterocycles. The maximum Gasteiger partial charge on any atom is 0.254 e. The van der Waals surface area contributed by atoms with Gasteiger partial charge in [-0.05, 0) is 23.6 Å². The monoisotopic (exact) mass is 297 g/mol. The van der Waals surface area contributed by atoms with E-state index in [4.69, 9.17) is 0 Å². The quantitative estimate of drug-likeness (QED) is 0.741. The lowest BCUT2D eigenvalue weighted by Gasteiger charge is -2.15. The molecular weight excluding hydrogens is 282 g/mol. The molecule has 5 heteroatoms. The van der Waals surface area contributed by atoms with E-state index in [0.29, 0.717) is 6.54 Å². The maximum absolute atomic E-state index is 12.2. The lowest BCUT2D eigenvalue weighted by Crippen LogP contribution is -2.25. The van der Waals surface area contributed by atoms with Gasteiger partial charge in [-0.1, -0.05) is 18.2 Å². The van der Waals surface area contributed by atoms with Crippen LogP contribution in [0.3, 0.4) is 0 Å². The van der Waals surface area contributed by atoms with Crippen molar-refractivity contribution in [1.29, 1.82) is 0 Å². The predicted octanol–water partition coefficient (Wildman–Crippen LogP) is 3.21. The zero-order valence-corrected chi connectivity index (χ0v) is 12.5. The van der Waals surface area contributed by atoms with Crippen molar-refractivity contribution in [2.75, 3.05) is 7.05 Å². The number of nitrogens with zero attached hydrogens (tertiary/aromatic N) is 3. The molecule has 0 saturated heterocycles. The Labute approximate surface area is 127 Å². The average Bonchev–Trinajstić information content (AvgIpc) is 3.19. The Morgan fingerprint density at radius 3 is 2.81 bits per heavy atom. The van der Waals surface area contributed by atoms with Gasteiger partial charge in [0.2, 0.25) is 0 Å². The van der Waals surface area contributed by atoms with Crippen LogP contribution in [0, 0.1) is 0 Å². The third-order valence-corrected chi connectivity index (χ3v) is 3.87. The summed E-state index contributed by atoms with van der Waals surface area (Å²) in [6, 6.07) is 11.8. The van der Waals surface area contributed by atoms with Crippen molar-refractivity contribution in [3.63, 3.8) is 0 Å². The molecule has 0 aliphatic carbocycles. The van der Waals surface area contributed by atoms with Gasteiger partial charge in [-0.2, -0.15) is 16.4 Å². The predicted molar refractivity (Wildman–Crippen MR) is 83.7 cm³/mol. The van der Waals surface area contributed by atoms with Crippen LogP contribution in [0.1, 0.15) is 15.9 Å². The Kier molecular flexibility index (Phi) is 3.83. The van der Waals surface area contributed by atoms with Crippen molar-refractivity contribution in [3.05, 3.63) is 70.7 Å². The van der Waals surface area contributed by atoms with Crippen molar-refractivity contribution in [2.24, 2.45) is 0 Å². The highest BCUT2D eigenvalue weighted by molar-refractivity contribution is 7.08. The van der Waals surface area contributed by atoms with Crippen LogP contribution >= 0.6 is 11.3 Å². The zero-order chi connectivity index (χ0) is 14.7. The molecule has 1 aromatic carbocycles. The number of para-hydroxylation sites is 1. The van der Waals surface area contributed by atoms with E-state index in [-0.39, 0.29) is 5.91 Å². The molecule has 3 aromatic rings. The molecule has 2 heterocycles. The Hall–Kier alpha value is -2.40. The molecule has 0 unspecified atom stereocenters. The molecular formula is C16H15N3OS. The molecule has 0 bridgehead atoms. The molecule has 0 fully saturated rings. The minimum absolute atomic E-state index is 0.0312. The van der Waals surface area contributed by atoms with Crippen molar-refractivity contribution in [1.82, 2.24) is 14.7 Å². The Balaban J connectivity index is 1.71. The van der Waals surface area contributed by atoms with Crippen LogP contribution in [0.2, 0.25) is 0 Å². The number of carbonyl (C=O) groups is 1. The topological polar surface area (TPSA) is 38.1 Å². The SMILES string of the molecule is CN(Cc1cnn(-c2ccccc2)c1)C(=O)c1ccsc1. The average molecular weight is 297 g/mol. The van der Waals surface area contributed by atoms with Crippen LogP contribution in [-0.2, 0) is 6.54 Å². The molecule has 2 aromatic heterocycles. The first-order chi connectivity index (χ1) is 10.2. The molecule has 0 N–H and O–H groups in total. The summed E-state index contributed by atoms with van der Waals surface area (Å²) in [5.41, 5.74) is 2.75. The highest BCUT2D eigenvalue weighted by Gasteiger charge is 2.13. The fraction of sp³-hybridized carbons (Fsp3) is 0.125. The second-order valence-electron chi connectivity index (χ2n) is 4.80. The number of hydrogen-bond acceptors (Lipinski definition) is 3. The number of carbonyl (C=O) groups excluding carboxylic acids is 1. The van der Waals surface area contributed by atoms with Gasteiger partial charge in [0.05, 0.1) is 17.4 Å². The number of rotatable bonds is 4. The van der Waals surface area contributed by atoms with Crippen LogP contribution in [0.4, 0.5) is 0 Å². The summed E-state index contributed by atoms with van der Waals surface area (Å²) in [7, 11) is 1.81. The van der Waals surface area contributed by atoms with Crippen LogP contribution in [0.25, 0.3) is 5.69 Å². The Morgan fingerprint density at radius 2 is 2.10 bits per heavy atom. The molecule has 3 rings (SSSR count). The minimum atomic E-state index is 0.0312. The van der Waals surface area contributed by atoms with Gasteiger partial charge in [0.25, 0.3) is 5.91 Å². The summed E-state index contributed by atoms with van der Waals surface area (Å²) >= 11 is 1.53.